The molecule has 0 atom stereocenters. The monoisotopic (exact) mass is 259 g/mol. The number of phenols is 1. The minimum absolute atomic E-state index is 0.126. The Kier molecular flexibility index (Phi) is 4.00. The van der Waals surface area contributed by atoms with Crippen LogP contribution in [0.25, 0.3) is 0 Å². The number of phenolic OH excluding ortho intramolecular Hbond substituents is 1. The summed E-state index contributed by atoms with van der Waals surface area (Å²) in [5.41, 5.74) is 2.76. The summed E-state index contributed by atoms with van der Waals surface area (Å²) in [7, 11) is 0. The first-order valence-corrected chi connectivity index (χ1v) is 6.18. The van der Waals surface area contributed by atoms with Crippen molar-refractivity contribution < 1.29 is 5.11 Å². The predicted octanol–water partition coefficient (Wildman–Crippen LogP) is 4.36. The smallest absolute Gasteiger partial charge is 0.141 e. The van der Waals surface area contributed by atoms with Gasteiger partial charge in [-0.2, -0.15) is 0 Å². The molecule has 0 saturated heterocycles. The highest BCUT2D eigenvalue weighted by Gasteiger charge is 1.99. The third-order valence-corrected chi connectivity index (χ3v) is 2.91. The molecule has 0 aliphatic rings. The van der Waals surface area contributed by atoms with Crippen molar-refractivity contribution in [2.75, 3.05) is 0 Å². The Hall–Kier alpha value is -1.80. The van der Waals surface area contributed by atoms with E-state index < -0.39 is 0 Å². The molecule has 3 heteroatoms. The second-order valence-electron chi connectivity index (χ2n) is 3.99. The van der Waals surface area contributed by atoms with E-state index in [2.05, 4.69) is 24.0 Å². The van der Waals surface area contributed by atoms with Crippen LogP contribution < -0.4 is 0 Å². The normalized spacial score (nSPS) is 11.0. The molecule has 18 heavy (non-hydrogen) atoms. The van der Waals surface area contributed by atoms with Crippen LogP contribution in [0.5, 0.6) is 5.75 Å². The van der Waals surface area contributed by atoms with Gasteiger partial charge in [0.25, 0.3) is 0 Å². The average molecular weight is 260 g/mol. The van der Waals surface area contributed by atoms with Crippen LogP contribution in [-0.2, 0) is 6.42 Å². The van der Waals surface area contributed by atoms with Crippen molar-refractivity contribution in [1.29, 1.82) is 0 Å². The van der Waals surface area contributed by atoms with Crippen LogP contribution in [-0.4, -0.2) is 11.3 Å². The standard InChI is InChI=1S/C15H14ClNO/c1-2-11-3-5-12(6-4-11)10-17-14-9-13(16)7-8-15(14)18/h3-10,18H,2H2,1H3. The number of aliphatic imine (C=N–C) groups is 1. The summed E-state index contributed by atoms with van der Waals surface area (Å²) in [4.78, 5) is 4.23. The lowest BCUT2D eigenvalue weighted by molar-refractivity contribution is 0.477. The first-order valence-electron chi connectivity index (χ1n) is 5.80. The quantitative estimate of drug-likeness (QED) is 0.816. The van der Waals surface area contributed by atoms with Crippen LogP contribution in [0, 0.1) is 0 Å². The topological polar surface area (TPSA) is 32.6 Å². The summed E-state index contributed by atoms with van der Waals surface area (Å²) in [5, 5.41) is 10.2. The molecule has 0 aliphatic heterocycles. The summed E-state index contributed by atoms with van der Waals surface area (Å²) >= 11 is 5.85. The molecule has 2 nitrogen and oxygen atoms in total. The van der Waals surface area contributed by atoms with Crippen molar-refractivity contribution >= 4 is 23.5 Å². The molecular formula is C15H14ClNO. The van der Waals surface area contributed by atoms with Crippen molar-refractivity contribution in [3.63, 3.8) is 0 Å². The molecule has 2 aromatic carbocycles. The molecule has 2 rings (SSSR count). The number of nitrogens with zero attached hydrogens (tertiary/aromatic N) is 1. The highest BCUT2D eigenvalue weighted by molar-refractivity contribution is 6.30. The Morgan fingerprint density at radius 3 is 2.56 bits per heavy atom. The summed E-state index contributed by atoms with van der Waals surface area (Å²) in [6.07, 6.45) is 2.73. The molecule has 0 aromatic heterocycles. The van der Waals surface area contributed by atoms with Crippen LogP contribution in [0.2, 0.25) is 5.02 Å². The Bertz CT molecular complexity index is 561. The summed E-state index contributed by atoms with van der Waals surface area (Å²) < 4.78 is 0. The van der Waals surface area contributed by atoms with Gasteiger partial charge in [0.15, 0.2) is 0 Å². The highest BCUT2D eigenvalue weighted by atomic mass is 35.5. The van der Waals surface area contributed by atoms with Gasteiger partial charge in [0, 0.05) is 11.2 Å². The summed E-state index contributed by atoms with van der Waals surface area (Å²) in [6.45, 7) is 2.12. The number of aromatic hydroxyl groups is 1. The SMILES string of the molecule is CCc1ccc(C=Nc2cc(Cl)ccc2O)cc1. The highest BCUT2D eigenvalue weighted by Crippen LogP contribution is 2.29. The fourth-order valence-corrected chi connectivity index (χ4v) is 1.75. The largest absolute Gasteiger partial charge is 0.506 e. The Labute approximate surface area is 112 Å². The van der Waals surface area contributed by atoms with Gasteiger partial charge in [0.1, 0.15) is 11.4 Å². The number of rotatable bonds is 3. The molecule has 0 aliphatic carbocycles. The second-order valence-corrected chi connectivity index (χ2v) is 4.42. The molecule has 0 radical (unpaired) electrons. The number of halogens is 1. The number of benzene rings is 2. The third-order valence-electron chi connectivity index (χ3n) is 2.68. The maximum absolute atomic E-state index is 9.62. The van der Waals surface area contributed by atoms with E-state index in [0.717, 1.165) is 12.0 Å². The summed E-state index contributed by atoms with van der Waals surface area (Å²) in [6, 6.07) is 12.9. The van der Waals surface area contributed by atoms with E-state index in [4.69, 9.17) is 11.6 Å². The van der Waals surface area contributed by atoms with Crippen molar-refractivity contribution in [2.24, 2.45) is 4.99 Å². The van der Waals surface area contributed by atoms with Gasteiger partial charge in [0.05, 0.1) is 0 Å². The van der Waals surface area contributed by atoms with Gasteiger partial charge in [0.2, 0.25) is 0 Å². The van der Waals surface area contributed by atoms with Gasteiger partial charge in [-0.25, -0.2) is 0 Å². The fraction of sp³-hybridized carbons (Fsp3) is 0.133. The lowest BCUT2D eigenvalue weighted by Gasteiger charge is -2.00. The fourth-order valence-electron chi connectivity index (χ4n) is 1.58. The molecule has 0 amide bonds. The molecule has 0 bridgehead atoms. The first kappa shape index (κ1) is 12.7. The first-order chi connectivity index (χ1) is 8.69. The van der Waals surface area contributed by atoms with Gasteiger partial charge in [-0.15, -0.1) is 0 Å². The lowest BCUT2D eigenvalue weighted by Crippen LogP contribution is -1.83. The maximum atomic E-state index is 9.62. The minimum Gasteiger partial charge on any atom is -0.506 e. The molecule has 92 valence electrons. The molecule has 2 aromatic rings. The van der Waals surface area contributed by atoms with E-state index in [1.165, 1.54) is 11.6 Å². The van der Waals surface area contributed by atoms with E-state index in [9.17, 15) is 5.11 Å². The molecule has 0 spiro atoms. The van der Waals surface area contributed by atoms with Crippen LogP contribution >= 0.6 is 11.6 Å². The van der Waals surface area contributed by atoms with Crippen molar-refractivity contribution in [3.05, 3.63) is 58.6 Å². The predicted molar refractivity (Wildman–Crippen MR) is 76.2 cm³/mol. The average Bonchev–Trinajstić information content (AvgIpc) is 2.40. The number of hydrogen-bond acceptors (Lipinski definition) is 2. The van der Waals surface area contributed by atoms with Crippen LogP contribution in [0.4, 0.5) is 5.69 Å². The zero-order valence-corrected chi connectivity index (χ0v) is 10.9. The van der Waals surface area contributed by atoms with Crippen LogP contribution in [0.15, 0.2) is 47.5 Å². The van der Waals surface area contributed by atoms with Crippen LogP contribution in [0.3, 0.4) is 0 Å². The molecule has 0 heterocycles. The zero-order chi connectivity index (χ0) is 13.0. The van der Waals surface area contributed by atoms with E-state index in [0.29, 0.717) is 10.7 Å². The molecule has 0 fully saturated rings. The Morgan fingerprint density at radius 2 is 1.89 bits per heavy atom. The minimum atomic E-state index is 0.126. The Balaban J connectivity index is 2.21. The van der Waals surface area contributed by atoms with E-state index >= 15 is 0 Å². The number of aryl methyl sites for hydroxylation is 1. The molecule has 0 unspecified atom stereocenters. The van der Waals surface area contributed by atoms with Crippen molar-refractivity contribution in [1.82, 2.24) is 0 Å². The number of hydrogen-bond donors (Lipinski definition) is 1. The van der Waals surface area contributed by atoms with Crippen molar-refractivity contribution in [2.45, 2.75) is 13.3 Å². The Morgan fingerprint density at radius 1 is 1.17 bits per heavy atom. The summed E-state index contributed by atoms with van der Waals surface area (Å²) in [5.74, 6) is 0.126. The molecular weight excluding hydrogens is 246 g/mol. The van der Waals surface area contributed by atoms with Gasteiger partial charge >= 0.3 is 0 Å². The van der Waals surface area contributed by atoms with E-state index in [1.807, 2.05) is 12.1 Å². The van der Waals surface area contributed by atoms with Crippen molar-refractivity contribution in [3.8, 4) is 5.75 Å². The van der Waals surface area contributed by atoms with Gasteiger partial charge in [-0.1, -0.05) is 42.8 Å². The van der Waals surface area contributed by atoms with Crippen LogP contribution in [0.1, 0.15) is 18.1 Å². The van der Waals surface area contributed by atoms with Gasteiger partial charge in [-0.3, -0.25) is 4.99 Å². The lowest BCUT2D eigenvalue weighted by atomic mass is 10.1. The third kappa shape index (κ3) is 3.11. The zero-order valence-electron chi connectivity index (χ0n) is 10.1. The second kappa shape index (κ2) is 5.69. The van der Waals surface area contributed by atoms with E-state index in [-0.39, 0.29) is 5.75 Å². The van der Waals surface area contributed by atoms with Gasteiger partial charge in [-0.05, 0) is 35.7 Å². The molecule has 1 N–H and O–H groups in total. The van der Waals surface area contributed by atoms with Gasteiger partial charge < -0.3 is 5.11 Å². The molecule has 0 saturated carbocycles. The maximum Gasteiger partial charge on any atom is 0.141 e. The van der Waals surface area contributed by atoms with E-state index in [1.54, 1.807) is 18.3 Å².